The van der Waals surface area contributed by atoms with Crippen LogP contribution in [0.3, 0.4) is 0 Å². The van der Waals surface area contributed by atoms with Crippen LogP contribution in [0.25, 0.3) is 0 Å². The van der Waals surface area contributed by atoms with Gasteiger partial charge in [0.1, 0.15) is 0 Å². The van der Waals surface area contributed by atoms with Gasteiger partial charge in [-0.1, -0.05) is 13.0 Å². The fraction of sp³-hybridized carbons (Fsp3) is 0.412. The molecule has 0 aliphatic heterocycles. The largest absolute Gasteiger partial charge is 0.399 e. The Morgan fingerprint density at radius 1 is 1.50 bits per heavy atom. The molecule has 0 saturated carbocycles. The number of aryl methyl sites for hydroxylation is 2. The van der Waals surface area contributed by atoms with Gasteiger partial charge in [-0.2, -0.15) is 0 Å². The molecule has 1 aromatic heterocycles. The molecule has 1 aromatic carbocycles. The number of aromatic nitrogens is 1. The molecule has 3 N–H and O–H groups in total. The third-order valence-electron chi connectivity index (χ3n) is 4.06. The maximum absolute atomic E-state index is 12.3. The molecule has 1 aliphatic rings. The van der Waals surface area contributed by atoms with Gasteiger partial charge in [-0.05, 0) is 48.9 Å². The number of hydrogen-bond acceptors (Lipinski definition) is 4. The van der Waals surface area contributed by atoms with E-state index in [0.29, 0.717) is 6.42 Å². The summed E-state index contributed by atoms with van der Waals surface area (Å²) in [6.45, 7) is 2.08. The molecular formula is C17H21N3OS. The molecule has 4 nitrogen and oxygen atoms in total. The van der Waals surface area contributed by atoms with Crippen molar-refractivity contribution in [3.05, 3.63) is 45.4 Å². The smallest absolute Gasteiger partial charge is 0.226 e. The molecule has 1 atom stereocenters. The van der Waals surface area contributed by atoms with Crippen molar-refractivity contribution in [2.45, 2.75) is 45.1 Å². The number of carbonyl (C=O) groups excluding carboxylic acids is 1. The first-order valence-electron chi connectivity index (χ1n) is 7.76. The Labute approximate surface area is 134 Å². The first-order chi connectivity index (χ1) is 10.7. The summed E-state index contributed by atoms with van der Waals surface area (Å²) in [5.41, 5.74) is 9.98. The quantitative estimate of drug-likeness (QED) is 0.852. The maximum atomic E-state index is 12.3. The van der Waals surface area contributed by atoms with Gasteiger partial charge in [0.15, 0.2) is 0 Å². The van der Waals surface area contributed by atoms with Crippen LogP contribution in [0.15, 0.2) is 23.6 Å². The van der Waals surface area contributed by atoms with E-state index in [4.69, 9.17) is 5.73 Å². The Balaban J connectivity index is 1.67. The highest BCUT2D eigenvalue weighted by atomic mass is 32.1. The van der Waals surface area contributed by atoms with Crippen molar-refractivity contribution in [2.24, 2.45) is 0 Å². The van der Waals surface area contributed by atoms with E-state index >= 15 is 0 Å². The normalized spacial score (nSPS) is 17.0. The van der Waals surface area contributed by atoms with Crippen LogP contribution in [-0.4, -0.2) is 10.9 Å². The van der Waals surface area contributed by atoms with Crippen molar-refractivity contribution in [2.75, 3.05) is 5.73 Å². The first kappa shape index (κ1) is 15.0. The molecule has 22 heavy (non-hydrogen) atoms. The van der Waals surface area contributed by atoms with Crippen molar-refractivity contribution in [3.8, 4) is 0 Å². The standard InChI is InChI=1S/C17H21N3OS/c1-2-17-19-13(10-22-17)9-16(21)20-15-5-3-4-11-8-12(18)6-7-14(11)15/h6-8,10,15H,2-5,9,18H2,1H3,(H,20,21). The minimum absolute atomic E-state index is 0.0441. The summed E-state index contributed by atoms with van der Waals surface area (Å²) in [4.78, 5) is 16.7. The summed E-state index contributed by atoms with van der Waals surface area (Å²) in [6, 6.07) is 6.09. The highest BCUT2D eigenvalue weighted by Crippen LogP contribution is 2.31. The van der Waals surface area contributed by atoms with Crippen molar-refractivity contribution in [1.29, 1.82) is 0 Å². The van der Waals surface area contributed by atoms with Crippen molar-refractivity contribution >= 4 is 22.9 Å². The highest BCUT2D eigenvalue weighted by Gasteiger charge is 2.22. The number of amides is 1. The molecule has 1 heterocycles. The molecule has 0 bridgehead atoms. The van der Waals surface area contributed by atoms with Crippen LogP contribution in [0.1, 0.15) is 47.6 Å². The molecule has 5 heteroatoms. The molecule has 0 saturated heterocycles. The number of fused-ring (bicyclic) bond motifs is 1. The third-order valence-corrected chi connectivity index (χ3v) is 5.10. The zero-order valence-corrected chi connectivity index (χ0v) is 13.6. The lowest BCUT2D eigenvalue weighted by molar-refractivity contribution is -0.121. The Kier molecular flexibility index (Phi) is 4.43. The summed E-state index contributed by atoms with van der Waals surface area (Å²) in [6.07, 6.45) is 4.39. The average molecular weight is 315 g/mol. The van der Waals surface area contributed by atoms with Gasteiger partial charge in [0, 0.05) is 11.1 Å². The van der Waals surface area contributed by atoms with Crippen molar-refractivity contribution in [3.63, 3.8) is 0 Å². The number of nitrogens with zero attached hydrogens (tertiary/aromatic N) is 1. The predicted octanol–water partition coefficient (Wildman–Crippen LogP) is 3.02. The number of anilines is 1. The molecule has 2 aromatic rings. The summed E-state index contributed by atoms with van der Waals surface area (Å²) < 4.78 is 0. The molecular weight excluding hydrogens is 294 g/mol. The third kappa shape index (κ3) is 3.30. The van der Waals surface area contributed by atoms with Gasteiger partial charge in [-0.15, -0.1) is 11.3 Å². The van der Waals surface area contributed by atoms with E-state index in [2.05, 4.69) is 17.2 Å². The summed E-state index contributed by atoms with van der Waals surface area (Å²) in [7, 11) is 0. The summed E-state index contributed by atoms with van der Waals surface area (Å²) in [5, 5.41) is 6.22. The van der Waals surface area contributed by atoms with Gasteiger partial charge < -0.3 is 11.1 Å². The Morgan fingerprint density at radius 2 is 2.36 bits per heavy atom. The molecule has 1 unspecified atom stereocenters. The van der Waals surface area contributed by atoms with E-state index in [1.54, 1.807) is 11.3 Å². The molecule has 116 valence electrons. The van der Waals surface area contributed by atoms with Crippen LogP contribution >= 0.6 is 11.3 Å². The highest BCUT2D eigenvalue weighted by molar-refractivity contribution is 7.09. The van der Waals surface area contributed by atoms with Crippen LogP contribution in [0, 0.1) is 0 Å². The van der Waals surface area contributed by atoms with Gasteiger partial charge in [0.2, 0.25) is 5.91 Å². The summed E-state index contributed by atoms with van der Waals surface area (Å²) in [5.74, 6) is 0.0441. The van der Waals surface area contributed by atoms with E-state index in [-0.39, 0.29) is 11.9 Å². The minimum atomic E-state index is 0.0441. The molecule has 3 rings (SSSR count). The second-order valence-electron chi connectivity index (χ2n) is 5.73. The van der Waals surface area contributed by atoms with Crippen LogP contribution in [0.2, 0.25) is 0 Å². The molecule has 1 amide bonds. The fourth-order valence-corrected chi connectivity index (χ4v) is 3.73. The number of nitrogen functional groups attached to an aromatic ring is 1. The van der Waals surface area contributed by atoms with Gasteiger partial charge >= 0.3 is 0 Å². The van der Waals surface area contributed by atoms with Crippen LogP contribution in [-0.2, 0) is 24.1 Å². The van der Waals surface area contributed by atoms with Crippen LogP contribution in [0.4, 0.5) is 5.69 Å². The van der Waals surface area contributed by atoms with E-state index in [1.807, 2.05) is 23.6 Å². The zero-order valence-electron chi connectivity index (χ0n) is 12.8. The first-order valence-corrected chi connectivity index (χ1v) is 8.64. The molecule has 0 radical (unpaired) electrons. The predicted molar refractivity (Wildman–Crippen MR) is 89.9 cm³/mol. The Bertz CT molecular complexity index is 680. The number of nitrogens with one attached hydrogen (secondary N) is 1. The van der Waals surface area contributed by atoms with Crippen LogP contribution in [0.5, 0.6) is 0 Å². The van der Waals surface area contributed by atoms with Gasteiger partial charge in [-0.25, -0.2) is 4.98 Å². The number of nitrogens with two attached hydrogens (primary N) is 1. The topological polar surface area (TPSA) is 68.0 Å². The lowest BCUT2D eigenvalue weighted by Crippen LogP contribution is -2.32. The second-order valence-corrected chi connectivity index (χ2v) is 6.68. The number of thiazole rings is 1. The van der Waals surface area contributed by atoms with Gasteiger partial charge in [0.05, 0.1) is 23.2 Å². The minimum Gasteiger partial charge on any atom is -0.399 e. The molecule has 0 fully saturated rings. The SMILES string of the molecule is CCc1nc(CC(=O)NC2CCCc3cc(N)ccc32)cs1. The monoisotopic (exact) mass is 315 g/mol. The van der Waals surface area contributed by atoms with Crippen molar-refractivity contribution < 1.29 is 4.79 Å². The number of carbonyl (C=O) groups is 1. The van der Waals surface area contributed by atoms with Crippen molar-refractivity contribution in [1.82, 2.24) is 10.3 Å². The molecule has 1 aliphatic carbocycles. The van der Waals surface area contributed by atoms with E-state index in [9.17, 15) is 4.79 Å². The number of hydrogen-bond donors (Lipinski definition) is 2. The van der Waals surface area contributed by atoms with E-state index in [0.717, 1.165) is 42.1 Å². The lowest BCUT2D eigenvalue weighted by Gasteiger charge is -2.26. The average Bonchev–Trinajstić information content (AvgIpc) is 2.94. The van der Waals surface area contributed by atoms with Gasteiger partial charge in [-0.3, -0.25) is 4.79 Å². The van der Waals surface area contributed by atoms with Gasteiger partial charge in [0.25, 0.3) is 0 Å². The van der Waals surface area contributed by atoms with E-state index < -0.39 is 0 Å². The Morgan fingerprint density at radius 3 is 3.14 bits per heavy atom. The lowest BCUT2D eigenvalue weighted by atomic mass is 9.87. The zero-order chi connectivity index (χ0) is 15.5. The second kappa shape index (κ2) is 6.48. The van der Waals surface area contributed by atoms with E-state index in [1.165, 1.54) is 11.1 Å². The Hall–Kier alpha value is -1.88. The maximum Gasteiger partial charge on any atom is 0.226 e. The number of benzene rings is 1. The summed E-state index contributed by atoms with van der Waals surface area (Å²) >= 11 is 1.62. The number of rotatable bonds is 4. The molecule has 0 spiro atoms. The van der Waals surface area contributed by atoms with Crippen LogP contribution < -0.4 is 11.1 Å². The fourth-order valence-electron chi connectivity index (χ4n) is 2.99.